The van der Waals surface area contributed by atoms with Gasteiger partial charge in [-0.25, -0.2) is 4.68 Å². The maximum absolute atomic E-state index is 5.37. The molecule has 0 aliphatic carbocycles. The van der Waals surface area contributed by atoms with Gasteiger partial charge in [0.15, 0.2) is 11.5 Å². The molecule has 1 N–H and O–H groups in total. The molecule has 30 heavy (non-hydrogen) atoms. The number of hydrogen-bond acceptors (Lipinski definition) is 9. The molecule has 0 aliphatic rings. The van der Waals surface area contributed by atoms with E-state index in [0.29, 0.717) is 28.1 Å². The molecule has 4 aromatic rings. The first kappa shape index (κ1) is 19.6. The molecule has 2 aromatic heterocycles. The molecule has 4 rings (SSSR count). The van der Waals surface area contributed by atoms with Crippen molar-refractivity contribution >= 4 is 22.4 Å². The molecule has 0 saturated heterocycles. The van der Waals surface area contributed by atoms with Gasteiger partial charge in [-0.2, -0.15) is 9.36 Å². The van der Waals surface area contributed by atoms with Crippen LogP contribution < -0.4 is 19.5 Å². The summed E-state index contributed by atoms with van der Waals surface area (Å²) in [5.41, 5.74) is 2.98. The molecule has 0 amide bonds. The van der Waals surface area contributed by atoms with Crippen LogP contribution in [-0.4, -0.2) is 45.7 Å². The van der Waals surface area contributed by atoms with E-state index in [2.05, 4.69) is 25.0 Å². The summed E-state index contributed by atoms with van der Waals surface area (Å²) in [6, 6.07) is 13.1. The summed E-state index contributed by atoms with van der Waals surface area (Å²) in [6.45, 7) is 1.91. The van der Waals surface area contributed by atoms with Crippen LogP contribution in [0.25, 0.3) is 17.2 Å². The molecule has 2 aromatic carbocycles. The van der Waals surface area contributed by atoms with Gasteiger partial charge < -0.3 is 19.5 Å². The van der Waals surface area contributed by atoms with E-state index < -0.39 is 0 Å². The Morgan fingerprint density at radius 1 is 0.967 bits per heavy atom. The van der Waals surface area contributed by atoms with Gasteiger partial charge >= 0.3 is 0 Å². The zero-order valence-electron chi connectivity index (χ0n) is 16.9. The number of hydrogen-bond donors (Lipinski definition) is 1. The second-order valence-electron chi connectivity index (χ2n) is 6.25. The molecule has 0 unspecified atom stereocenters. The van der Waals surface area contributed by atoms with Crippen molar-refractivity contribution in [2.24, 2.45) is 0 Å². The van der Waals surface area contributed by atoms with Crippen molar-refractivity contribution in [2.45, 2.75) is 6.92 Å². The number of nitrogens with one attached hydrogen (secondary N) is 1. The number of benzene rings is 2. The van der Waals surface area contributed by atoms with Gasteiger partial charge in [-0.3, -0.25) is 0 Å². The van der Waals surface area contributed by atoms with Gasteiger partial charge in [0.1, 0.15) is 17.2 Å². The lowest BCUT2D eigenvalue weighted by Gasteiger charge is -2.09. The van der Waals surface area contributed by atoms with E-state index in [1.807, 2.05) is 43.3 Å². The molecule has 0 fully saturated rings. The van der Waals surface area contributed by atoms with Crippen molar-refractivity contribution in [1.29, 1.82) is 0 Å². The Labute approximate surface area is 177 Å². The summed E-state index contributed by atoms with van der Waals surface area (Å²) in [5.74, 6) is 2.55. The minimum absolute atomic E-state index is 0.496. The molecule has 154 valence electrons. The summed E-state index contributed by atoms with van der Waals surface area (Å²) in [4.78, 5) is 4.56. The highest BCUT2D eigenvalue weighted by Crippen LogP contribution is 2.31. The topological polar surface area (TPSA) is 96.2 Å². The average Bonchev–Trinajstić information content (AvgIpc) is 3.39. The number of aromatic nitrogens is 5. The number of rotatable bonds is 7. The van der Waals surface area contributed by atoms with Crippen LogP contribution in [0.5, 0.6) is 17.2 Å². The Balaban J connectivity index is 1.64. The molecular weight excluding hydrogens is 404 g/mol. The molecule has 0 aliphatic heterocycles. The van der Waals surface area contributed by atoms with Crippen LogP contribution in [-0.2, 0) is 0 Å². The highest BCUT2D eigenvalue weighted by atomic mass is 32.1. The number of nitrogens with zero attached hydrogens (tertiary/aromatic N) is 5. The monoisotopic (exact) mass is 424 g/mol. The number of ether oxygens (including phenoxy) is 3. The summed E-state index contributed by atoms with van der Waals surface area (Å²) in [6.07, 6.45) is 0. The van der Waals surface area contributed by atoms with Crippen molar-refractivity contribution in [1.82, 2.24) is 24.4 Å². The minimum atomic E-state index is 0.496. The minimum Gasteiger partial charge on any atom is -0.497 e. The van der Waals surface area contributed by atoms with Gasteiger partial charge in [-0.15, -0.1) is 5.10 Å². The second kappa shape index (κ2) is 8.37. The van der Waals surface area contributed by atoms with Gasteiger partial charge in [0, 0.05) is 29.7 Å². The lowest BCUT2D eigenvalue weighted by Crippen LogP contribution is -2.01. The first-order chi connectivity index (χ1) is 14.6. The fourth-order valence-corrected chi connectivity index (χ4v) is 3.51. The van der Waals surface area contributed by atoms with E-state index in [0.717, 1.165) is 22.8 Å². The van der Waals surface area contributed by atoms with Gasteiger partial charge in [-0.05, 0) is 19.1 Å². The third kappa shape index (κ3) is 3.77. The van der Waals surface area contributed by atoms with Crippen LogP contribution in [0, 0.1) is 6.92 Å². The van der Waals surface area contributed by atoms with Crippen LogP contribution in [0.15, 0.2) is 42.5 Å². The predicted molar refractivity (Wildman–Crippen MR) is 114 cm³/mol. The maximum atomic E-state index is 5.37. The Bertz CT molecular complexity index is 1150. The Morgan fingerprint density at radius 2 is 1.70 bits per heavy atom. The molecule has 0 atom stereocenters. The number of para-hydroxylation sites is 2. The second-order valence-corrected chi connectivity index (χ2v) is 7.01. The van der Waals surface area contributed by atoms with Gasteiger partial charge in [0.05, 0.1) is 38.4 Å². The SMILES string of the molecule is COc1cc(OC)cc(-n2nnc(-c3nsc(Nc4ccccc4OC)n3)c2C)c1. The Morgan fingerprint density at radius 3 is 2.40 bits per heavy atom. The molecule has 10 heteroatoms. The summed E-state index contributed by atoms with van der Waals surface area (Å²) < 4.78 is 22.2. The number of anilines is 2. The highest BCUT2D eigenvalue weighted by molar-refractivity contribution is 7.09. The van der Waals surface area contributed by atoms with E-state index in [9.17, 15) is 0 Å². The first-order valence-corrected chi connectivity index (χ1v) is 9.80. The van der Waals surface area contributed by atoms with Crippen molar-refractivity contribution < 1.29 is 14.2 Å². The quantitative estimate of drug-likeness (QED) is 0.478. The van der Waals surface area contributed by atoms with E-state index in [1.165, 1.54) is 11.5 Å². The zero-order chi connectivity index (χ0) is 21.1. The van der Waals surface area contributed by atoms with Crippen LogP contribution >= 0.6 is 11.5 Å². The Kier molecular flexibility index (Phi) is 5.48. The highest BCUT2D eigenvalue weighted by Gasteiger charge is 2.18. The maximum Gasteiger partial charge on any atom is 0.207 e. The predicted octanol–water partition coefficient (Wildman–Crippen LogP) is 3.86. The zero-order valence-corrected chi connectivity index (χ0v) is 17.7. The molecule has 0 bridgehead atoms. The largest absolute Gasteiger partial charge is 0.497 e. The van der Waals surface area contributed by atoms with Gasteiger partial charge in [-0.1, -0.05) is 17.3 Å². The lowest BCUT2D eigenvalue weighted by atomic mass is 10.2. The lowest BCUT2D eigenvalue weighted by molar-refractivity contribution is 0.393. The fourth-order valence-electron chi connectivity index (χ4n) is 2.93. The molecular formula is C20H20N6O3S. The van der Waals surface area contributed by atoms with Crippen molar-refractivity contribution in [2.75, 3.05) is 26.6 Å². The van der Waals surface area contributed by atoms with Crippen LogP contribution in [0.3, 0.4) is 0 Å². The molecule has 2 heterocycles. The fraction of sp³-hybridized carbons (Fsp3) is 0.200. The van der Waals surface area contributed by atoms with Crippen LogP contribution in [0.2, 0.25) is 0 Å². The third-order valence-electron chi connectivity index (χ3n) is 4.46. The summed E-state index contributed by atoms with van der Waals surface area (Å²) in [5, 5.41) is 12.4. The molecule has 0 spiro atoms. The van der Waals surface area contributed by atoms with E-state index in [4.69, 9.17) is 14.2 Å². The smallest absolute Gasteiger partial charge is 0.207 e. The van der Waals surface area contributed by atoms with Crippen molar-refractivity contribution in [3.05, 3.63) is 48.2 Å². The van der Waals surface area contributed by atoms with Gasteiger partial charge in [0.25, 0.3) is 0 Å². The van der Waals surface area contributed by atoms with E-state index in [1.54, 1.807) is 32.1 Å². The van der Waals surface area contributed by atoms with Crippen molar-refractivity contribution in [3.63, 3.8) is 0 Å². The standard InChI is InChI=1S/C20H20N6O3S/c1-12-18(23-25-26(12)13-9-14(27-2)11-15(10-13)28-3)19-22-20(30-24-19)21-16-7-5-6-8-17(16)29-4/h5-11H,1-4H3,(H,21,22,24). The van der Waals surface area contributed by atoms with Gasteiger partial charge in [0.2, 0.25) is 5.13 Å². The number of methoxy groups -OCH3 is 3. The first-order valence-electron chi connectivity index (χ1n) is 9.02. The average molecular weight is 424 g/mol. The Hall–Kier alpha value is -3.66. The van der Waals surface area contributed by atoms with Crippen LogP contribution in [0.4, 0.5) is 10.8 Å². The normalized spacial score (nSPS) is 10.7. The van der Waals surface area contributed by atoms with Crippen molar-refractivity contribution in [3.8, 4) is 34.5 Å². The third-order valence-corrected chi connectivity index (χ3v) is 5.09. The van der Waals surface area contributed by atoms with Crippen LogP contribution in [0.1, 0.15) is 5.69 Å². The van der Waals surface area contributed by atoms with E-state index in [-0.39, 0.29) is 0 Å². The molecule has 9 nitrogen and oxygen atoms in total. The van der Waals surface area contributed by atoms with E-state index >= 15 is 0 Å². The molecule has 0 saturated carbocycles. The summed E-state index contributed by atoms with van der Waals surface area (Å²) >= 11 is 1.24. The molecule has 0 radical (unpaired) electrons. The summed E-state index contributed by atoms with van der Waals surface area (Å²) in [7, 11) is 4.84.